The van der Waals surface area contributed by atoms with Crippen molar-refractivity contribution in [3.8, 4) is 11.4 Å². The van der Waals surface area contributed by atoms with Crippen molar-refractivity contribution < 1.29 is 9.53 Å². The normalized spacial score (nSPS) is 10.6. The van der Waals surface area contributed by atoms with Crippen molar-refractivity contribution in [1.29, 1.82) is 0 Å². The molecule has 2 rings (SSSR count). The summed E-state index contributed by atoms with van der Waals surface area (Å²) < 4.78 is 6.40. The largest absolute Gasteiger partial charge is 0.465 e. The first-order chi connectivity index (χ1) is 10.6. The number of hydrogen-bond acceptors (Lipinski definition) is 6. The minimum absolute atomic E-state index is 0.140. The van der Waals surface area contributed by atoms with Crippen molar-refractivity contribution in [1.82, 2.24) is 14.9 Å². The molecule has 2 N–H and O–H groups in total. The van der Waals surface area contributed by atoms with Crippen LogP contribution in [0.3, 0.4) is 0 Å². The predicted molar refractivity (Wildman–Crippen MR) is 87.2 cm³/mol. The molecule has 0 spiro atoms. The number of hydrogen-bond donors (Lipinski definition) is 1. The smallest absolute Gasteiger partial charge is 0.316 e. The molecule has 1 heterocycles. The number of unbranched alkanes of at least 4 members (excludes halogenated alkanes) is 1. The van der Waals surface area contributed by atoms with Gasteiger partial charge in [0.2, 0.25) is 5.16 Å². The summed E-state index contributed by atoms with van der Waals surface area (Å²) in [4.78, 5) is 11.6. The maximum atomic E-state index is 11.6. The summed E-state index contributed by atoms with van der Waals surface area (Å²) in [5, 5.41) is 8.99. The fourth-order valence-electron chi connectivity index (χ4n) is 1.70. The van der Waals surface area contributed by atoms with E-state index in [9.17, 15) is 4.79 Å². The topological polar surface area (TPSA) is 83.0 Å². The van der Waals surface area contributed by atoms with Gasteiger partial charge in [0, 0.05) is 5.56 Å². The van der Waals surface area contributed by atoms with E-state index in [-0.39, 0.29) is 11.7 Å². The lowest BCUT2D eigenvalue weighted by Gasteiger charge is -2.05. The van der Waals surface area contributed by atoms with Crippen molar-refractivity contribution in [2.24, 2.45) is 0 Å². The summed E-state index contributed by atoms with van der Waals surface area (Å²) in [6.07, 6.45) is 1.85. The van der Waals surface area contributed by atoms with Gasteiger partial charge in [0.25, 0.3) is 0 Å². The molecule has 0 amide bonds. The molecule has 8 heteroatoms. The second kappa shape index (κ2) is 8.05. The number of rotatable bonds is 7. The number of nitrogen functional groups attached to an aromatic ring is 1. The number of aromatic nitrogens is 3. The molecule has 1 aromatic carbocycles. The lowest BCUT2D eigenvalue weighted by molar-refractivity contribution is -0.140. The van der Waals surface area contributed by atoms with E-state index < -0.39 is 0 Å². The van der Waals surface area contributed by atoms with Crippen LogP contribution < -0.4 is 5.84 Å². The van der Waals surface area contributed by atoms with E-state index >= 15 is 0 Å². The molecule has 0 bridgehead atoms. The third-order valence-electron chi connectivity index (χ3n) is 2.86. The van der Waals surface area contributed by atoms with Gasteiger partial charge >= 0.3 is 5.97 Å². The number of carbonyl (C=O) groups excluding carboxylic acids is 1. The number of nitrogens with two attached hydrogens (primary N) is 1. The molecule has 0 unspecified atom stereocenters. The quantitative estimate of drug-likeness (QED) is 0.361. The summed E-state index contributed by atoms with van der Waals surface area (Å²) in [6.45, 7) is 2.48. The van der Waals surface area contributed by atoms with E-state index in [1.165, 1.54) is 16.4 Å². The molecular weight excluding hydrogens is 324 g/mol. The molecule has 0 saturated heterocycles. The van der Waals surface area contributed by atoms with Crippen LogP contribution in [0.1, 0.15) is 19.8 Å². The van der Waals surface area contributed by atoms with Crippen LogP contribution in [0, 0.1) is 0 Å². The minimum Gasteiger partial charge on any atom is -0.465 e. The molecule has 22 heavy (non-hydrogen) atoms. The molecule has 1 aromatic heterocycles. The van der Waals surface area contributed by atoms with Gasteiger partial charge in [-0.1, -0.05) is 48.8 Å². The molecular formula is C14H17ClN4O2S. The Hall–Kier alpha value is -1.73. The zero-order valence-electron chi connectivity index (χ0n) is 12.2. The zero-order valence-corrected chi connectivity index (χ0v) is 13.7. The van der Waals surface area contributed by atoms with Crippen LogP contribution in [0.4, 0.5) is 0 Å². The van der Waals surface area contributed by atoms with Gasteiger partial charge in [-0.3, -0.25) is 4.79 Å². The van der Waals surface area contributed by atoms with E-state index in [0.29, 0.717) is 28.2 Å². The second-order valence-electron chi connectivity index (χ2n) is 4.52. The molecule has 0 fully saturated rings. The molecule has 0 saturated carbocycles. The van der Waals surface area contributed by atoms with Crippen LogP contribution in [-0.4, -0.2) is 33.2 Å². The average molecular weight is 341 g/mol. The van der Waals surface area contributed by atoms with Gasteiger partial charge in [-0.15, -0.1) is 10.2 Å². The highest BCUT2D eigenvalue weighted by atomic mass is 35.5. The van der Waals surface area contributed by atoms with Crippen molar-refractivity contribution in [3.05, 3.63) is 29.3 Å². The van der Waals surface area contributed by atoms with E-state index in [1.807, 2.05) is 25.1 Å². The van der Waals surface area contributed by atoms with Crippen LogP contribution in [0.25, 0.3) is 11.4 Å². The minimum atomic E-state index is -0.291. The first kappa shape index (κ1) is 16.6. The second-order valence-corrected chi connectivity index (χ2v) is 5.87. The van der Waals surface area contributed by atoms with Gasteiger partial charge in [-0.2, -0.15) is 0 Å². The third kappa shape index (κ3) is 4.14. The van der Waals surface area contributed by atoms with E-state index in [0.717, 1.165) is 12.8 Å². The van der Waals surface area contributed by atoms with Crippen LogP contribution >= 0.6 is 23.4 Å². The SMILES string of the molecule is CCCCOC(=O)CSc1nnc(-c2ccccc2Cl)n1N. The molecule has 0 radical (unpaired) electrons. The standard InChI is InChI=1S/C14H17ClN4O2S/c1-2-3-8-21-12(20)9-22-14-18-17-13(19(14)16)10-6-4-5-7-11(10)15/h4-7H,2-3,8-9,16H2,1H3. The highest BCUT2D eigenvalue weighted by molar-refractivity contribution is 7.99. The monoisotopic (exact) mass is 340 g/mol. The number of nitrogens with zero attached hydrogens (tertiary/aromatic N) is 3. The van der Waals surface area contributed by atoms with Crippen LogP contribution in [0.5, 0.6) is 0 Å². The van der Waals surface area contributed by atoms with Gasteiger partial charge in [0.1, 0.15) is 0 Å². The Balaban J connectivity index is 2.00. The van der Waals surface area contributed by atoms with Crippen LogP contribution in [0.15, 0.2) is 29.4 Å². The maximum Gasteiger partial charge on any atom is 0.316 e. The maximum absolute atomic E-state index is 11.6. The molecule has 0 aliphatic rings. The molecule has 6 nitrogen and oxygen atoms in total. The number of thioether (sulfide) groups is 1. The fourth-order valence-corrected chi connectivity index (χ4v) is 2.57. The predicted octanol–water partition coefficient (Wildman–Crippen LogP) is 2.75. The van der Waals surface area contributed by atoms with Crippen molar-refractivity contribution in [3.63, 3.8) is 0 Å². The summed E-state index contributed by atoms with van der Waals surface area (Å²) in [5.41, 5.74) is 0.691. The Morgan fingerprint density at radius 1 is 1.41 bits per heavy atom. The van der Waals surface area contributed by atoms with Crippen LogP contribution in [-0.2, 0) is 9.53 Å². The van der Waals surface area contributed by atoms with E-state index in [4.69, 9.17) is 22.2 Å². The Morgan fingerprint density at radius 2 is 2.18 bits per heavy atom. The number of carbonyl (C=O) groups is 1. The number of esters is 1. The number of halogens is 1. The van der Waals surface area contributed by atoms with Gasteiger partial charge in [0.15, 0.2) is 5.82 Å². The lowest BCUT2D eigenvalue weighted by atomic mass is 10.2. The average Bonchev–Trinajstić information content (AvgIpc) is 2.87. The lowest BCUT2D eigenvalue weighted by Crippen LogP contribution is -2.14. The molecule has 0 aliphatic heterocycles. The fraction of sp³-hybridized carbons (Fsp3) is 0.357. The van der Waals surface area contributed by atoms with E-state index in [2.05, 4.69) is 10.2 Å². The Morgan fingerprint density at radius 3 is 2.91 bits per heavy atom. The van der Waals surface area contributed by atoms with Gasteiger partial charge in [-0.05, 0) is 18.6 Å². The molecule has 0 aliphatic carbocycles. The third-order valence-corrected chi connectivity index (χ3v) is 4.11. The van der Waals surface area contributed by atoms with Crippen molar-refractivity contribution in [2.45, 2.75) is 24.9 Å². The summed E-state index contributed by atoms with van der Waals surface area (Å²) in [7, 11) is 0. The number of ether oxygens (including phenoxy) is 1. The molecule has 118 valence electrons. The Labute approximate surface area is 138 Å². The Bertz CT molecular complexity index is 648. The van der Waals surface area contributed by atoms with Gasteiger partial charge in [0.05, 0.1) is 17.4 Å². The first-order valence-electron chi connectivity index (χ1n) is 6.87. The van der Waals surface area contributed by atoms with Gasteiger partial charge < -0.3 is 10.6 Å². The summed E-state index contributed by atoms with van der Waals surface area (Å²) in [5.74, 6) is 6.27. The highest BCUT2D eigenvalue weighted by Gasteiger charge is 2.15. The molecule has 2 aromatic rings. The molecule has 0 atom stereocenters. The van der Waals surface area contributed by atoms with Crippen molar-refractivity contribution >= 4 is 29.3 Å². The first-order valence-corrected chi connectivity index (χ1v) is 8.23. The highest BCUT2D eigenvalue weighted by Crippen LogP contribution is 2.27. The summed E-state index contributed by atoms with van der Waals surface area (Å²) >= 11 is 7.30. The Kier molecular flexibility index (Phi) is 6.09. The van der Waals surface area contributed by atoms with Crippen LogP contribution in [0.2, 0.25) is 5.02 Å². The van der Waals surface area contributed by atoms with E-state index in [1.54, 1.807) is 6.07 Å². The van der Waals surface area contributed by atoms with Gasteiger partial charge in [-0.25, -0.2) is 4.68 Å². The zero-order chi connectivity index (χ0) is 15.9. The summed E-state index contributed by atoms with van der Waals surface area (Å²) in [6, 6.07) is 7.23. The van der Waals surface area contributed by atoms with Crippen molar-refractivity contribution in [2.75, 3.05) is 18.2 Å². The number of benzene rings is 1.